The molecule has 1 fully saturated rings. The SMILES string of the molecule is CCC(COC)NC(=O)C1CCCC(C(=O)O)C1. The summed E-state index contributed by atoms with van der Waals surface area (Å²) in [5, 5.41) is 11.9. The number of carboxylic acid groups (broad SMARTS) is 1. The second kappa shape index (κ2) is 7.36. The van der Waals surface area contributed by atoms with E-state index in [0.717, 1.165) is 19.3 Å². The van der Waals surface area contributed by atoms with Gasteiger partial charge in [0.1, 0.15) is 0 Å². The molecule has 1 rings (SSSR count). The zero-order chi connectivity index (χ0) is 13.5. The lowest BCUT2D eigenvalue weighted by molar-refractivity contribution is -0.144. The topological polar surface area (TPSA) is 75.6 Å². The quantitative estimate of drug-likeness (QED) is 0.754. The first-order chi connectivity index (χ1) is 8.58. The van der Waals surface area contributed by atoms with E-state index in [1.54, 1.807) is 7.11 Å². The van der Waals surface area contributed by atoms with E-state index in [9.17, 15) is 9.59 Å². The number of carbonyl (C=O) groups excluding carboxylic acids is 1. The number of aliphatic carboxylic acids is 1. The van der Waals surface area contributed by atoms with E-state index in [1.165, 1.54) is 0 Å². The molecule has 0 aromatic rings. The number of carbonyl (C=O) groups is 2. The molecular formula is C13H23NO4. The first kappa shape index (κ1) is 15.0. The van der Waals surface area contributed by atoms with Crippen LogP contribution in [0.5, 0.6) is 0 Å². The molecular weight excluding hydrogens is 234 g/mol. The minimum Gasteiger partial charge on any atom is -0.481 e. The van der Waals surface area contributed by atoms with Crippen molar-refractivity contribution in [3.8, 4) is 0 Å². The van der Waals surface area contributed by atoms with Gasteiger partial charge in [-0.3, -0.25) is 9.59 Å². The lowest BCUT2D eigenvalue weighted by Gasteiger charge is -2.27. The molecule has 18 heavy (non-hydrogen) atoms. The number of carboxylic acids is 1. The largest absolute Gasteiger partial charge is 0.481 e. The van der Waals surface area contributed by atoms with Crippen molar-refractivity contribution < 1.29 is 19.4 Å². The van der Waals surface area contributed by atoms with Crippen LogP contribution in [0.4, 0.5) is 0 Å². The lowest BCUT2D eigenvalue weighted by atomic mass is 9.81. The zero-order valence-electron chi connectivity index (χ0n) is 11.1. The normalized spacial score (nSPS) is 25.4. The van der Waals surface area contributed by atoms with Gasteiger partial charge < -0.3 is 15.2 Å². The van der Waals surface area contributed by atoms with Crippen molar-refractivity contribution in [2.24, 2.45) is 11.8 Å². The first-order valence-electron chi connectivity index (χ1n) is 6.60. The van der Waals surface area contributed by atoms with Gasteiger partial charge in [-0.2, -0.15) is 0 Å². The number of methoxy groups -OCH3 is 1. The third-order valence-corrected chi connectivity index (χ3v) is 3.60. The molecule has 5 heteroatoms. The summed E-state index contributed by atoms with van der Waals surface area (Å²) in [5.74, 6) is -1.33. The van der Waals surface area contributed by atoms with Gasteiger partial charge in [-0.1, -0.05) is 13.3 Å². The summed E-state index contributed by atoms with van der Waals surface area (Å²) < 4.78 is 5.03. The van der Waals surface area contributed by atoms with Crippen LogP contribution in [0.25, 0.3) is 0 Å². The molecule has 3 atom stereocenters. The molecule has 1 aliphatic carbocycles. The number of hydrogen-bond donors (Lipinski definition) is 2. The Kier molecular flexibility index (Phi) is 6.12. The van der Waals surface area contributed by atoms with Crippen LogP contribution in [0.2, 0.25) is 0 Å². The maximum atomic E-state index is 12.1. The molecule has 0 heterocycles. The van der Waals surface area contributed by atoms with E-state index < -0.39 is 5.97 Å². The number of nitrogens with one attached hydrogen (secondary N) is 1. The highest BCUT2D eigenvalue weighted by Crippen LogP contribution is 2.29. The molecule has 0 aliphatic heterocycles. The van der Waals surface area contributed by atoms with E-state index in [0.29, 0.717) is 19.4 Å². The van der Waals surface area contributed by atoms with Crippen LogP contribution in [-0.2, 0) is 14.3 Å². The zero-order valence-corrected chi connectivity index (χ0v) is 11.1. The molecule has 0 aromatic heterocycles. The summed E-state index contributed by atoms with van der Waals surface area (Å²) in [6.45, 7) is 2.49. The molecule has 2 N–H and O–H groups in total. The van der Waals surface area contributed by atoms with Gasteiger partial charge in [0, 0.05) is 13.0 Å². The molecule has 0 saturated heterocycles. The van der Waals surface area contributed by atoms with Crippen LogP contribution in [0.3, 0.4) is 0 Å². The highest BCUT2D eigenvalue weighted by molar-refractivity contribution is 5.80. The average molecular weight is 257 g/mol. The first-order valence-corrected chi connectivity index (χ1v) is 6.60. The number of ether oxygens (including phenoxy) is 1. The smallest absolute Gasteiger partial charge is 0.306 e. The van der Waals surface area contributed by atoms with Crippen molar-refractivity contribution in [1.29, 1.82) is 0 Å². The Balaban J connectivity index is 2.47. The molecule has 5 nitrogen and oxygen atoms in total. The van der Waals surface area contributed by atoms with Crippen molar-refractivity contribution in [3.63, 3.8) is 0 Å². The third kappa shape index (κ3) is 4.29. The second-order valence-electron chi connectivity index (χ2n) is 4.97. The fourth-order valence-electron chi connectivity index (χ4n) is 2.43. The van der Waals surface area contributed by atoms with E-state index in [1.807, 2.05) is 6.92 Å². The predicted molar refractivity (Wildman–Crippen MR) is 67.2 cm³/mol. The van der Waals surface area contributed by atoms with Crippen molar-refractivity contribution in [3.05, 3.63) is 0 Å². The second-order valence-corrected chi connectivity index (χ2v) is 4.97. The number of rotatable bonds is 6. The van der Waals surface area contributed by atoms with Crippen molar-refractivity contribution in [2.45, 2.75) is 45.1 Å². The Morgan fingerprint density at radius 3 is 2.61 bits per heavy atom. The molecule has 1 amide bonds. The fraction of sp³-hybridized carbons (Fsp3) is 0.846. The van der Waals surface area contributed by atoms with Gasteiger partial charge in [0.05, 0.1) is 18.6 Å². The highest BCUT2D eigenvalue weighted by Gasteiger charge is 2.31. The predicted octanol–water partition coefficient (Wildman–Crippen LogP) is 1.42. The van der Waals surface area contributed by atoms with Crippen LogP contribution in [-0.4, -0.2) is 36.7 Å². The Morgan fingerprint density at radius 1 is 1.39 bits per heavy atom. The van der Waals surface area contributed by atoms with Gasteiger partial charge in [0.25, 0.3) is 0 Å². The van der Waals surface area contributed by atoms with Crippen molar-refractivity contribution >= 4 is 11.9 Å². The summed E-state index contributed by atoms with van der Waals surface area (Å²) in [6.07, 6.45) is 3.57. The molecule has 3 unspecified atom stereocenters. The Labute approximate surface area is 108 Å². The van der Waals surface area contributed by atoms with E-state index in [4.69, 9.17) is 9.84 Å². The summed E-state index contributed by atoms with van der Waals surface area (Å²) in [5.41, 5.74) is 0. The highest BCUT2D eigenvalue weighted by atomic mass is 16.5. The van der Waals surface area contributed by atoms with Gasteiger partial charge in [0.2, 0.25) is 5.91 Å². The Morgan fingerprint density at radius 2 is 2.06 bits per heavy atom. The fourth-order valence-corrected chi connectivity index (χ4v) is 2.43. The van der Waals surface area contributed by atoms with Crippen molar-refractivity contribution in [2.75, 3.05) is 13.7 Å². The summed E-state index contributed by atoms with van der Waals surface area (Å²) in [7, 11) is 1.61. The van der Waals surface area contributed by atoms with Gasteiger partial charge in [-0.15, -0.1) is 0 Å². The average Bonchev–Trinajstić information content (AvgIpc) is 2.38. The summed E-state index contributed by atoms with van der Waals surface area (Å²) in [4.78, 5) is 23.0. The summed E-state index contributed by atoms with van der Waals surface area (Å²) >= 11 is 0. The van der Waals surface area contributed by atoms with E-state index >= 15 is 0 Å². The molecule has 0 bridgehead atoms. The molecule has 104 valence electrons. The van der Waals surface area contributed by atoms with Crippen LogP contribution in [0.15, 0.2) is 0 Å². The number of amides is 1. The third-order valence-electron chi connectivity index (χ3n) is 3.60. The van der Waals surface area contributed by atoms with Crippen LogP contribution in [0, 0.1) is 11.8 Å². The van der Waals surface area contributed by atoms with Gasteiger partial charge in [-0.05, 0) is 25.7 Å². The number of hydrogen-bond acceptors (Lipinski definition) is 3. The van der Waals surface area contributed by atoms with E-state index in [2.05, 4.69) is 5.32 Å². The maximum absolute atomic E-state index is 12.1. The lowest BCUT2D eigenvalue weighted by Crippen LogP contribution is -2.42. The summed E-state index contributed by atoms with van der Waals surface area (Å²) in [6, 6.07) is 0.0210. The molecule has 0 spiro atoms. The molecule has 1 saturated carbocycles. The standard InChI is InChI=1S/C13H23NO4/c1-3-11(8-18-2)14-12(15)9-5-4-6-10(7-9)13(16)17/h9-11H,3-8H2,1-2H3,(H,14,15)(H,16,17). The van der Waals surface area contributed by atoms with Gasteiger partial charge >= 0.3 is 5.97 Å². The minimum absolute atomic E-state index is 0.0210. The Hall–Kier alpha value is -1.10. The van der Waals surface area contributed by atoms with Crippen LogP contribution < -0.4 is 5.32 Å². The van der Waals surface area contributed by atoms with Crippen LogP contribution >= 0.6 is 0 Å². The molecule has 0 radical (unpaired) electrons. The van der Waals surface area contributed by atoms with Crippen LogP contribution in [0.1, 0.15) is 39.0 Å². The van der Waals surface area contributed by atoms with E-state index in [-0.39, 0.29) is 23.8 Å². The monoisotopic (exact) mass is 257 g/mol. The minimum atomic E-state index is -0.781. The molecule has 1 aliphatic rings. The van der Waals surface area contributed by atoms with Crippen molar-refractivity contribution in [1.82, 2.24) is 5.32 Å². The molecule has 0 aromatic carbocycles. The maximum Gasteiger partial charge on any atom is 0.306 e. The Bertz CT molecular complexity index is 293. The van der Waals surface area contributed by atoms with Gasteiger partial charge in [-0.25, -0.2) is 0 Å². The van der Waals surface area contributed by atoms with Gasteiger partial charge in [0.15, 0.2) is 0 Å².